The molecular formula is C22H24N4O4S. The van der Waals surface area contributed by atoms with E-state index in [1.807, 2.05) is 6.92 Å². The maximum absolute atomic E-state index is 13.0. The molecule has 1 fully saturated rings. The number of hydrogen-bond acceptors (Lipinski definition) is 6. The van der Waals surface area contributed by atoms with E-state index in [0.717, 1.165) is 31.2 Å². The van der Waals surface area contributed by atoms with Crippen molar-refractivity contribution in [1.82, 2.24) is 4.98 Å². The summed E-state index contributed by atoms with van der Waals surface area (Å²) in [7, 11) is -3.84. The van der Waals surface area contributed by atoms with Crippen LogP contribution < -0.4 is 10.0 Å². The van der Waals surface area contributed by atoms with Gasteiger partial charge in [0.15, 0.2) is 5.82 Å². The summed E-state index contributed by atoms with van der Waals surface area (Å²) in [5, 5.41) is 15.1. The summed E-state index contributed by atoms with van der Waals surface area (Å²) in [6.07, 6.45) is 5.37. The Balaban J connectivity index is 1.75. The third-order valence-electron chi connectivity index (χ3n) is 5.54. The van der Waals surface area contributed by atoms with Gasteiger partial charge >= 0.3 is 0 Å². The molecule has 0 spiro atoms. The van der Waals surface area contributed by atoms with Crippen LogP contribution in [0.5, 0.6) is 0 Å². The molecule has 162 valence electrons. The lowest BCUT2D eigenvalue weighted by atomic mass is 9.95. The highest BCUT2D eigenvalue weighted by Crippen LogP contribution is 2.32. The normalized spacial score (nSPS) is 15.0. The number of nitrogens with zero attached hydrogens (tertiary/aromatic N) is 2. The van der Waals surface area contributed by atoms with Crippen LogP contribution in [0.15, 0.2) is 53.4 Å². The Morgan fingerprint density at radius 1 is 1.03 bits per heavy atom. The van der Waals surface area contributed by atoms with Gasteiger partial charge in [0.25, 0.3) is 15.7 Å². The number of aryl methyl sites for hydroxylation is 1. The molecule has 8 nitrogen and oxygen atoms in total. The molecule has 1 saturated carbocycles. The van der Waals surface area contributed by atoms with E-state index in [1.165, 1.54) is 24.6 Å². The Morgan fingerprint density at radius 2 is 1.74 bits per heavy atom. The van der Waals surface area contributed by atoms with E-state index in [-0.39, 0.29) is 22.4 Å². The largest absolute Gasteiger partial charge is 0.379 e. The van der Waals surface area contributed by atoms with Gasteiger partial charge in [0.05, 0.1) is 21.0 Å². The standard InChI is InChI=1S/C22H24N4O4S/c1-15-7-10-19(11-8-15)31(29,30)25-22-21(23-17-5-3-2-4-6-17)14-16-13-18(26(27)28)9-12-20(16)24-22/h7-14,17,23H,2-6H2,1H3,(H,24,25). The highest BCUT2D eigenvalue weighted by atomic mass is 32.2. The predicted molar refractivity (Wildman–Crippen MR) is 121 cm³/mol. The Bertz CT molecular complexity index is 1220. The van der Waals surface area contributed by atoms with Crippen molar-refractivity contribution >= 4 is 38.1 Å². The lowest BCUT2D eigenvalue weighted by molar-refractivity contribution is -0.384. The molecule has 2 N–H and O–H groups in total. The van der Waals surface area contributed by atoms with Crippen LogP contribution in [-0.4, -0.2) is 24.4 Å². The molecule has 2 aromatic carbocycles. The molecule has 31 heavy (non-hydrogen) atoms. The molecule has 4 rings (SSSR count). The maximum Gasteiger partial charge on any atom is 0.270 e. The fraction of sp³-hybridized carbons (Fsp3) is 0.318. The molecule has 0 unspecified atom stereocenters. The molecular weight excluding hydrogens is 416 g/mol. The van der Waals surface area contributed by atoms with Gasteiger partial charge in [-0.15, -0.1) is 0 Å². The van der Waals surface area contributed by atoms with Crippen LogP contribution in [0.2, 0.25) is 0 Å². The van der Waals surface area contributed by atoms with Gasteiger partial charge in [-0.25, -0.2) is 13.4 Å². The highest BCUT2D eigenvalue weighted by molar-refractivity contribution is 7.92. The fourth-order valence-electron chi connectivity index (χ4n) is 3.84. The van der Waals surface area contributed by atoms with E-state index in [2.05, 4.69) is 15.0 Å². The van der Waals surface area contributed by atoms with Crippen molar-refractivity contribution in [2.45, 2.75) is 50.0 Å². The first kappa shape index (κ1) is 21.0. The van der Waals surface area contributed by atoms with Crippen molar-refractivity contribution < 1.29 is 13.3 Å². The summed E-state index contributed by atoms with van der Waals surface area (Å²) >= 11 is 0. The van der Waals surface area contributed by atoms with Crippen molar-refractivity contribution in [3.63, 3.8) is 0 Å². The number of nitro groups is 1. The molecule has 1 heterocycles. The predicted octanol–water partition coefficient (Wildman–Crippen LogP) is 5.00. The number of nitrogens with one attached hydrogen (secondary N) is 2. The number of aromatic nitrogens is 1. The molecule has 0 amide bonds. The maximum atomic E-state index is 13.0. The van der Waals surface area contributed by atoms with Gasteiger partial charge in [-0.3, -0.25) is 14.8 Å². The molecule has 0 bridgehead atoms. The van der Waals surface area contributed by atoms with E-state index in [1.54, 1.807) is 30.3 Å². The van der Waals surface area contributed by atoms with E-state index in [0.29, 0.717) is 16.6 Å². The van der Waals surface area contributed by atoms with Crippen molar-refractivity contribution in [2.75, 3.05) is 10.0 Å². The summed E-state index contributed by atoms with van der Waals surface area (Å²) in [6.45, 7) is 1.89. The Hall–Kier alpha value is -3.20. The van der Waals surface area contributed by atoms with Crippen molar-refractivity contribution in [1.29, 1.82) is 0 Å². The zero-order valence-corrected chi connectivity index (χ0v) is 18.0. The number of sulfonamides is 1. The van der Waals surface area contributed by atoms with Crippen LogP contribution in [0, 0.1) is 17.0 Å². The SMILES string of the molecule is Cc1ccc(S(=O)(=O)Nc2nc3ccc([N+](=O)[O-])cc3cc2NC2CCCCC2)cc1. The quantitative estimate of drug-likeness (QED) is 0.412. The molecule has 0 aliphatic heterocycles. The molecule has 1 aromatic heterocycles. The second kappa shape index (κ2) is 8.50. The first-order valence-corrected chi connectivity index (χ1v) is 11.8. The van der Waals surface area contributed by atoms with E-state index in [9.17, 15) is 18.5 Å². The van der Waals surface area contributed by atoms with Crippen LogP contribution in [0.4, 0.5) is 17.2 Å². The smallest absolute Gasteiger partial charge is 0.270 e. The van der Waals surface area contributed by atoms with Crippen molar-refractivity contribution in [2.24, 2.45) is 0 Å². The zero-order chi connectivity index (χ0) is 22.0. The first-order chi connectivity index (χ1) is 14.8. The summed E-state index contributed by atoms with van der Waals surface area (Å²) in [5.74, 6) is 0.188. The molecule has 0 radical (unpaired) electrons. The Kier molecular flexibility index (Phi) is 5.77. The highest BCUT2D eigenvalue weighted by Gasteiger charge is 2.21. The van der Waals surface area contributed by atoms with Crippen LogP contribution in [-0.2, 0) is 10.0 Å². The fourth-order valence-corrected chi connectivity index (χ4v) is 4.86. The molecule has 9 heteroatoms. The minimum absolute atomic E-state index is 0.0362. The molecule has 1 aliphatic carbocycles. The van der Waals surface area contributed by atoms with Gasteiger partial charge in [-0.1, -0.05) is 37.0 Å². The Morgan fingerprint density at radius 3 is 2.42 bits per heavy atom. The van der Waals surface area contributed by atoms with Gasteiger partial charge in [-0.2, -0.15) is 0 Å². The summed E-state index contributed by atoms with van der Waals surface area (Å²) in [4.78, 5) is 15.3. The van der Waals surface area contributed by atoms with E-state index >= 15 is 0 Å². The lowest BCUT2D eigenvalue weighted by Crippen LogP contribution is -2.24. The number of nitro benzene ring substituents is 1. The molecule has 0 atom stereocenters. The van der Waals surface area contributed by atoms with Crippen LogP contribution in [0.3, 0.4) is 0 Å². The van der Waals surface area contributed by atoms with Gasteiger partial charge in [0.2, 0.25) is 0 Å². The van der Waals surface area contributed by atoms with E-state index < -0.39 is 14.9 Å². The van der Waals surface area contributed by atoms with Gasteiger partial charge in [0, 0.05) is 23.6 Å². The minimum atomic E-state index is -3.84. The summed E-state index contributed by atoms with van der Waals surface area (Å²) in [6, 6.07) is 12.9. The third-order valence-corrected chi connectivity index (χ3v) is 6.89. The lowest BCUT2D eigenvalue weighted by Gasteiger charge is -2.25. The van der Waals surface area contributed by atoms with Crippen molar-refractivity contribution in [3.05, 3.63) is 64.2 Å². The molecule has 3 aromatic rings. The molecule has 1 aliphatic rings. The minimum Gasteiger partial charge on any atom is -0.379 e. The first-order valence-electron chi connectivity index (χ1n) is 10.3. The number of pyridine rings is 1. The Labute approximate surface area is 180 Å². The summed E-state index contributed by atoms with van der Waals surface area (Å²) < 4.78 is 28.5. The van der Waals surface area contributed by atoms with Crippen LogP contribution in [0.1, 0.15) is 37.7 Å². The number of anilines is 2. The number of fused-ring (bicyclic) bond motifs is 1. The van der Waals surface area contributed by atoms with Gasteiger partial charge in [0.1, 0.15) is 0 Å². The number of benzene rings is 2. The van der Waals surface area contributed by atoms with Gasteiger partial charge < -0.3 is 5.32 Å². The molecule has 0 saturated heterocycles. The monoisotopic (exact) mass is 440 g/mol. The van der Waals surface area contributed by atoms with Crippen LogP contribution in [0.25, 0.3) is 10.9 Å². The summed E-state index contributed by atoms with van der Waals surface area (Å²) in [5.41, 5.74) is 1.92. The average molecular weight is 441 g/mol. The third kappa shape index (κ3) is 4.77. The zero-order valence-electron chi connectivity index (χ0n) is 17.2. The second-order valence-corrected chi connectivity index (χ2v) is 9.60. The van der Waals surface area contributed by atoms with Crippen molar-refractivity contribution in [3.8, 4) is 0 Å². The number of rotatable bonds is 6. The number of non-ortho nitro benzene ring substituents is 1. The number of hydrogen-bond donors (Lipinski definition) is 2. The second-order valence-electron chi connectivity index (χ2n) is 7.92. The topological polar surface area (TPSA) is 114 Å². The van der Waals surface area contributed by atoms with Gasteiger partial charge in [-0.05, 0) is 44.0 Å². The van der Waals surface area contributed by atoms with E-state index in [4.69, 9.17) is 0 Å². The average Bonchev–Trinajstić information content (AvgIpc) is 2.74. The van der Waals surface area contributed by atoms with Crippen LogP contribution >= 0.6 is 0 Å².